The zero-order chi connectivity index (χ0) is 10.6. The van der Waals surface area contributed by atoms with Crippen molar-refractivity contribution >= 4 is 11.9 Å². The fourth-order valence-electron chi connectivity index (χ4n) is 0.875. The number of likely N-dealkylation sites (N-methyl/N-ethyl adjacent to an activating group) is 1. The van der Waals surface area contributed by atoms with Crippen LogP contribution in [0, 0.1) is 5.92 Å². The Balaban J connectivity index is 4.17. The SMILES string of the molecule is CC(C)CC(=O)N(C)[C@H](C)C(=O)O. The second kappa shape index (κ2) is 4.84. The Bertz CT molecular complexity index is 201. The van der Waals surface area contributed by atoms with Gasteiger partial charge in [-0.25, -0.2) is 4.79 Å². The van der Waals surface area contributed by atoms with Crippen molar-refractivity contribution in [1.82, 2.24) is 4.90 Å². The van der Waals surface area contributed by atoms with Crippen LogP contribution in [0.4, 0.5) is 0 Å². The van der Waals surface area contributed by atoms with Crippen molar-refractivity contribution in [1.29, 1.82) is 0 Å². The average molecular weight is 187 g/mol. The minimum absolute atomic E-state index is 0.120. The third-order valence-electron chi connectivity index (χ3n) is 1.91. The van der Waals surface area contributed by atoms with Gasteiger partial charge in [-0.1, -0.05) is 13.8 Å². The fraction of sp³-hybridized carbons (Fsp3) is 0.778. The van der Waals surface area contributed by atoms with Crippen LogP contribution in [0.1, 0.15) is 27.2 Å². The van der Waals surface area contributed by atoms with Gasteiger partial charge in [-0.05, 0) is 12.8 Å². The van der Waals surface area contributed by atoms with Gasteiger partial charge in [0.1, 0.15) is 6.04 Å². The van der Waals surface area contributed by atoms with Crippen molar-refractivity contribution in [3.8, 4) is 0 Å². The number of carbonyl (C=O) groups excluding carboxylic acids is 1. The van der Waals surface area contributed by atoms with Crippen LogP contribution in [0.15, 0.2) is 0 Å². The summed E-state index contributed by atoms with van der Waals surface area (Å²) in [6.45, 7) is 5.36. The van der Waals surface area contributed by atoms with Crippen LogP contribution in [-0.2, 0) is 9.59 Å². The maximum Gasteiger partial charge on any atom is 0.326 e. The molecule has 4 nitrogen and oxygen atoms in total. The van der Waals surface area contributed by atoms with E-state index in [0.29, 0.717) is 6.42 Å². The summed E-state index contributed by atoms with van der Waals surface area (Å²) in [6.07, 6.45) is 0.397. The van der Waals surface area contributed by atoms with E-state index in [2.05, 4.69) is 0 Å². The highest BCUT2D eigenvalue weighted by Crippen LogP contribution is 2.05. The van der Waals surface area contributed by atoms with E-state index in [-0.39, 0.29) is 11.8 Å². The van der Waals surface area contributed by atoms with Gasteiger partial charge in [0.2, 0.25) is 5.91 Å². The summed E-state index contributed by atoms with van der Waals surface area (Å²) in [6, 6.07) is -0.744. The zero-order valence-electron chi connectivity index (χ0n) is 8.57. The van der Waals surface area contributed by atoms with Crippen LogP contribution in [0.3, 0.4) is 0 Å². The number of hydrogen-bond donors (Lipinski definition) is 1. The summed E-state index contributed by atoms with van der Waals surface area (Å²) < 4.78 is 0. The lowest BCUT2D eigenvalue weighted by atomic mass is 10.1. The van der Waals surface area contributed by atoms with Gasteiger partial charge in [-0.2, -0.15) is 0 Å². The minimum atomic E-state index is -0.973. The van der Waals surface area contributed by atoms with Crippen LogP contribution < -0.4 is 0 Å². The maximum absolute atomic E-state index is 11.4. The van der Waals surface area contributed by atoms with E-state index >= 15 is 0 Å². The molecule has 0 heterocycles. The summed E-state index contributed by atoms with van der Waals surface area (Å²) >= 11 is 0. The largest absolute Gasteiger partial charge is 0.480 e. The van der Waals surface area contributed by atoms with Crippen molar-refractivity contribution in [2.45, 2.75) is 33.2 Å². The van der Waals surface area contributed by atoms with E-state index in [0.717, 1.165) is 0 Å². The highest BCUT2D eigenvalue weighted by molar-refractivity contribution is 5.83. The molecule has 1 N–H and O–H groups in total. The summed E-state index contributed by atoms with van der Waals surface area (Å²) in [5.74, 6) is -0.833. The number of nitrogens with zero attached hydrogens (tertiary/aromatic N) is 1. The van der Waals surface area contributed by atoms with E-state index in [1.54, 1.807) is 0 Å². The number of carbonyl (C=O) groups is 2. The molecule has 0 saturated carbocycles. The summed E-state index contributed by atoms with van der Waals surface area (Å²) in [7, 11) is 1.52. The van der Waals surface area contributed by atoms with Gasteiger partial charge >= 0.3 is 5.97 Å². The van der Waals surface area contributed by atoms with E-state index in [1.165, 1.54) is 18.9 Å². The number of carboxylic acid groups (broad SMARTS) is 1. The monoisotopic (exact) mass is 187 g/mol. The first-order chi connectivity index (χ1) is 5.86. The lowest BCUT2D eigenvalue weighted by Gasteiger charge is -2.22. The van der Waals surface area contributed by atoms with Crippen molar-refractivity contribution in [2.24, 2.45) is 5.92 Å². The van der Waals surface area contributed by atoms with Gasteiger partial charge in [0.15, 0.2) is 0 Å². The third kappa shape index (κ3) is 3.92. The summed E-state index contributed by atoms with van der Waals surface area (Å²) in [5.41, 5.74) is 0. The summed E-state index contributed by atoms with van der Waals surface area (Å²) in [5, 5.41) is 8.64. The van der Waals surface area contributed by atoms with E-state index in [1.807, 2.05) is 13.8 Å². The van der Waals surface area contributed by atoms with Crippen molar-refractivity contribution in [3.63, 3.8) is 0 Å². The zero-order valence-corrected chi connectivity index (χ0v) is 8.57. The smallest absolute Gasteiger partial charge is 0.326 e. The van der Waals surface area contributed by atoms with Crippen LogP contribution in [0.5, 0.6) is 0 Å². The van der Waals surface area contributed by atoms with E-state index < -0.39 is 12.0 Å². The molecule has 0 aliphatic heterocycles. The third-order valence-corrected chi connectivity index (χ3v) is 1.91. The normalized spacial score (nSPS) is 12.7. The molecule has 0 bridgehead atoms. The molecule has 0 aliphatic rings. The van der Waals surface area contributed by atoms with Gasteiger partial charge < -0.3 is 10.0 Å². The molecule has 0 rings (SSSR count). The molecule has 0 spiro atoms. The standard InChI is InChI=1S/C9H17NO3/c1-6(2)5-8(11)10(4)7(3)9(12)13/h6-7H,5H2,1-4H3,(H,12,13)/t7-/m1/s1. The first-order valence-corrected chi connectivity index (χ1v) is 4.34. The molecule has 0 aliphatic carbocycles. The molecular formula is C9H17NO3. The van der Waals surface area contributed by atoms with Gasteiger partial charge in [0.25, 0.3) is 0 Å². The molecule has 0 saturated heterocycles. The number of rotatable bonds is 4. The molecule has 0 aromatic rings. The molecular weight excluding hydrogens is 170 g/mol. The molecule has 0 radical (unpaired) electrons. The van der Waals surface area contributed by atoms with Crippen molar-refractivity contribution in [2.75, 3.05) is 7.05 Å². The number of carboxylic acids is 1. The van der Waals surface area contributed by atoms with Crippen molar-refractivity contribution < 1.29 is 14.7 Å². The number of amides is 1. The van der Waals surface area contributed by atoms with Gasteiger partial charge in [-0.15, -0.1) is 0 Å². The molecule has 0 aromatic heterocycles. The molecule has 1 atom stereocenters. The van der Waals surface area contributed by atoms with Crippen molar-refractivity contribution in [3.05, 3.63) is 0 Å². The Morgan fingerprint density at radius 1 is 1.31 bits per heavy atom. The molecule has 1 amide bonds. The number of aliphatic carboxylic acids is 1. The summed E-state index contributed by atoms with van der Waals surface area (Å²) in [4.78, 5) is 23.2. The Kier molecular flexibility index (Phi) is 4.45. The molecule has 4 heteroatoms. The Labute approximate surface area is 78.5 Å². The van der Waals surface area contributed by atoms with Gasteiger partial charge in [0, 0.05) is 13.5 Å². The highest BCUT2D eigenvalue weighted by atomic mass is 16.4. The Hall–Kier alpha value is -1.06. The number of hydrogen-bond acceptors (Lipinski definition) is 2. The molecule has 0 aromatic carbocycles. The minimum Gasteiger partial charge on any atom is -0.480 e. The van der Waals surface area contributed by atoms with Crippen LogP contribution in [-0.4, -0.2) is 35.0 Å². The lowest BCUT2D eigenvalue weighted by molar-refractivity contribution is -0.148. The second-order valence-corrected chi connectivity index (χ2v) is 3.62. The van der Waals surface area contributed by atoms with Gasteiger partial charge in [-0.3, -0.25) is 4.79 Å². The quantitative estimate of drug-likeness (QED) is 0.713. The molecule has 0 unspecified atom stereocenters. The molecule has 13 heavy (non-hydrogen) atoms. The van der Waals surface area contributed by atoms with E-state index in [9.17, 15) is 9.59 Å². The average Bonchev–Trinajstić information content (AvgIpc) is 2.00. The predicted molar refractivity (Wildman–Crippen MR) is 49.3 cm³/mol. The van der Waals surface area contributed by atoms with Crippen LogP contribution in [0.2, 0.25) is 0 Å². The fourth-order valence-corrected chi connectivity index (χ4v) is 0.875. The predicted octanol–water partition coefficient (Wildman–Crippen LogP) is 0.964. The molecule has 0 fully saturated rings. The van der Waals surface area contributed by atoms with Crippen LogP contribution in [0.25, 0.3) is 0 Å². The topological polar surface area (TPSA) is 57.6 Å². The lowest BCUT2D eigenvalue weighted by Crippen LogP contribution is -2.40. The Morgan fingerprint density at radius 2 is 1.77 bits per heavy atom. The van der Waals surface area contributed by atoms with E-state index in [4.69, 9.17) is 5.11 Å². The van der Waals surface area contributed by atoms with Crippen LogP contribution >= 0.6 is 0 Å². The first kappa shape index (κ1) is 11.9. The Morgan fingerprint density at radius 3 is 2.08 bits per heavy atom. The first-order valence-electron chi connectivity index (χ1n) is 4.34. The highest BCUT2D eigenvalue weighted by Gasteiger charge is 2.21. The second-order valence-electron chi connectivity index (χ2n) is 3.62. The molecule has 76 valence electrons. The van der Waals surface area contributed by atoms with Gasteiger partial charge in [0.05, 0.1) is 0 Å². The maximum atomic E-state index is 11.4.